The predicted molar refractivity (Wildman–Crippen MR) is 76.7 cm³/mol. The molecule has 22 heavy (non-hydrogen) atoms. The van der Waals surface area contributed by atoms with Crippen LogP contribution in [0.15, 0.2) is 42.9 Å². The lowest BCUT2D eigenvalue weighted by molar-refractivity contribution is 0.0599. The molecular formula is C15H11N3O4. The number of carbonyl (C=O) groups is 2. The summed E-state index contributed by atoms with van der Waals surface area (Å²) in [6, 6.07) is 6.47. The Morgan fingerprint density at radius 2 is 1.91 bits per heavy atom. The van der Waals surface area contributed by atoms with Gasteiger partial charge in [-0.05, 0) is 24.3 Å². The summed E-state index contributed by atoms with van der Waals surface area (Å²) in [7, 11) is 1.28. The van der Waals surface area contributed by atoms with Crippen LogP contribution in [0, 0.1) is 0 Å². The second-order valence-corrected chi connectivity index (χ2v) is 4.49. The van der Waals surface area contributed by atoms with Crippen LogP contribution in [0.2, 0.25) is 0 Å². The van der Waals surface area contributed by atoms with Gasteiger partial charge in [0.25, 0.3) is 0 Å². The number of aromatic nitrogens is 3. The van der Waals surface area contributed by atoms with Crippen molar-refractivity contribution < 1.29 is 19.4 Å². The van der Waals surface area contributed by atoms with E-state index in [0.717, 1.165) is 0 Å². The first-order valence-corrected chi connectivity index (χ1v) is 6.36. The quantitative estimate of drug-likeness (QED) is 0.742. The molecule has 0 saturated carbocycles. The number of esters is 1. The molecule has 0 aliphatic carbocycles. The highest BCUT2D eigenvalue weighted by atomic mass is 16.5. The third-order valence-corrected chi connectivity index (χ3v) is 3.20. The zero-order valence-electron chi connectivity index (χ0n) is 11.6. The normalized spacial score (nSPS) is 10.6. The Hall–Kier alpha value is -3.22. The van der Waals surface area contributed by atoms with Gasteiger partial charge in [-0.15, -0.1) is 0 Å². The van der Waals surface area contributed by atoms with E-state index in [1.165, 1.54) is 25.4 Å². The van der Waals surface area contributed by atoms with Crippen molar-refractivity contribution in [3.8, 4) is 11.4 Å². The maximum Gasteiger partial charge on any atom is 0.356 e. The van der Waals surface area contributed by atoms with Gasteiger partial charge in [0.15, 0.2) is 5.69 Å². The predicted octanol–water partition coefficient (Wildman–Crippen LogP) is 1.88. The van der Waals surface area contributed by atoms with Crippen molar-refractivity contribution in [3.05, 3.63) is 54.1 Å². The van der Waals surface area contributed by atoms with Crippen molar-refractivity contribution in [2.24, 2.45) is 0 Å². The first-order valence-electron chi connectivity index (χ1n) is 6.36. The van der Waals surface area contributed by atoms with Crippen LogP contribution in [0.3, 0.4) is 0 Å². The number of fused-ring (bicyclic) bond motifs is 1. The molecule has 110 valence electrons. The second kappa shape index (κ2) is 5.28. The van der Waals surface area contributed by atoms with Crippen molar-refractivity contribution >= 4 is 17.5 Å². The molecule has 7 nitrogen and oxygen atoms in total. The van der Waals surface area contributed by atoms with E-state index in [9.17, 15) is 14.7 Å². The summed E-state index contributed by atoms with van der Waals surface area (Å²) < 4.78 is 6.25. The van der Waals surface area contributed by atoms with Crippen LogP contribution in [0.25, 0.3) is 16.9 Å². The Morgan fingerprint density at radius 3 is 2.55 bits per heavy atom. The largest absolute Gasteiger partial charge is 0.476 e. The number of imidazole rings is 1. The molecule has 0 aromatic carbocycles. The van der Waals surface area contributed by atoms with Gasteiger partial charge in [-0.2, -0.15) is 0 Å². The Kier molecular flexibility index (Phi) is 3.30. The topological polar surface area (TPSA) is 93.8 Å². The number of carboxylic acids is 1. The Labute approximate surface area is 124 Å². The number of hydrogen-bond donors (Lipinski definition) is 1. The van der Waals surface area contributed by atoms with Crippen LogP contribution >= 0.6 is 0 Å². The number of methoxy groups -OCH3 is 1. The maximum absolute atomic E-state index is 11.7. The van der Waals surface area contributed by atoms with Gasteiger partial charge in [0, 0.05) is 24.2 Å². The van der Waals surface area contributed by atoms with Gasteiger partial charge < -0.3 is 9.84 Å². The van der Waals surface area contributed by atoms with E-state index in [0.29, 0.717) is 22.5 Å². The smallest absolute Gasteiger partial charge is 0.356 e. The lowest BCUT2D eigenvalue weighted by Crippen LogP contribution is -2.03. The molecule has 1 N–H and O–H groups in total. The second-order valence-electron chi connectivity index (χ2n) is 4.49. The molecule has 0 saturated heterocycles. The minimum absolute atomic E-state index is 0.0803. The van der Waals surface area contributed by atoms with Gasteiger partial charge >= 0.3 is 11.9 Å². The van der Waals surface area contributed by atoms with Gasteiger partial charge in [-0.25, -0.2) is 14.6 Å². The highest BCUT2D eigenvalue weighted by molar-refractivity contribution is 5.96. The number of nitrogens with zero attached hydrogens (tertiary/aromatic N) is 3. The van der Waals surface area contributed by atoms with Crippen LogP contribution in [-0.2, 0) is 4.74 Å². The van der Waals surface area contributed by atoms with Gasteiger partial charge in [-0.3, -0.25) is 9.38 Å². The fourth-order valence-corrected chi connectivity index (χ4v) is 2.19. The molecule has 0 aliphatic heterocycles. The van der Waals surface area contributed by atoms with Crippen LogP contribution in [-0.4, -0.2) is 38.5 Å². The van der Waals surface area contributed by atoms with E-state index in [1.807, 2.05) is 0 Å². The van der Waals surface area contributed by atoms with Gasteiger partial charge in [0.05, 0.1) is 18.2 Å². The molecule has 0 bridgehead atoms. The van der Waals surface area contributed by atoms with E-state index in [1.54, 1.807) is 28.9 Å². The van der Waals surface area contributed by atoms with Crippen LogP contribution in [0.5, 0.6) is 0 Å². The third-order valence-electron chi connectivity index (χ3n) is 3.20. The fraction of sp³-hybridized carbons (Fsp3) is 0.0667. The summed E-state index contributed by atoms with van der Waals surface area (Å²) in [4.78, 5) is 31.1. The molecule has 3 heterocycles. The number of aromatic carboxylic acids is 1. The number of carbonyl (C=O) groups excluding carboxylic acids is 1. The van der Waals surface area contributed by atoms with Crippen molar-refractivity contribution in [1.29, 1.82) is 0 Å². The van der Waals surface area contributed by atoms with Crippen LogP contribution in [0.1, 0.15) is 20.8 Å². The van der Waals surface area contributed by atoms with Gasteiger partial charge in [-0.1, -0.05) is 0 Å². The van der Waals surface area contributed by atoms with Crippen LogP contribution in [0.4, 0.5) is 0 Å². The molecular weight excluding hydrogens is 286 g/mol. The van der Waals surface area contributed by atoms with Crippen molar-refractivity contribution in [2.45, 2.75) is 0 Å². The average molecular weight is 297 g/mol. The third kappa shape index (κ3) is 2.18. The highest BCUT2D eigenvalue weighted by Crippen LogP contribution is 2.23. The molecule has 0 fully saturated rings. The fourth-order valence-electron chi connectivity index (χ4n) is 2.19. The minimum Gasteiger partial charge on any atom is -0.476 e. The average Bonchev–Trinajstić information content (AvgIpc) is 2.94. The number of ether oxygens (including phenoxy) is 1. The van der Waals surface area contributed by atoms with E-state index in [4.69, 9.17) is 0 Å². The highest BCUT2D eigenvalue weighted by Gasteiger charge is 2.19. The first-order chi connectivity index (χ1) is 10.6. The molecule has 3 aromatic heterocycles. The monoisotopic (exact) mass is 297 g/mol. The van der Waals surface area contributed by atoms with Crippen molar-refractivity contribution in [1.82, 2.24) is 14.4 Å². The summed E-state index contributed by atoms with van der Waals surface area (Å²) in [5, 5.41) is 9.29. The molecule has 0 radical (unpaired) electrons. The summed E-state index contributed by atoms with van der Waals surface area (Å²) in [5.41, 5.74) is 1.31. The zero-order valence-corrected chi connectivity index (χ0v) is 11.6. The summed E-state index contributed by atoms with van der Waals surface area (Å²) in [6.07, 6.45) is 4.68. The van der Waals surface area contributed by atoms with Crippen molar-refractivity contribution in [2.75, 3.05) is 7.11 Å². The van der Waals surface area contributed by atoms with Gasteiger partial charge in [0.2, 0.25) is 0 Å². The molecule has 0 atom stereocenters. The Morgan fingerprint density at radius 1 is 1.18 bits per heavy atom. The molecule has 0 spiro atoms. The number of hydrogen-bond acceptors (Lipinski definition) is 5. The zero-order chi connectivity index (χ0) is 15.7. The van der Waals surface area contributed by atoms with Crippen LogP contribution < -0.4 is 0 Å². The van der Waals surface area contributed by atoms with Crippen molar-refractivity contribution in [3.63, 3.8) is 0 Å². The number of pyridine rings is 2. The standard InChI is InChI=1S/C15H11N3O4/c1-22-15(21)10-2-3-11-12(14(19)20)17-13(18(11)8-10)9-4-6-16-7-5-9/h2-8H,1H3,(H,19,20). The van der Waals surface area contributed by atoms with E-state index in [2.05, 4.69) is 14.7 Å². The SMILES string of the molecule is COC(=O)c1ccc2c(C(=O)O)nc(-c3ccncc3)n2c1. The minimum atomic E-state index is -1.14. The lowest BCUT2D eigenvalue weighted by Gasteiger charge is -2.04. The van der Waals surface area contributed by atoms with E-state index < -0.39 is 11.9 Å². The Balaban J connectivity index is 2.30. The van der Waals surface area contributed by atoms with E-state index in [-0.39, 0.29) is 5.69 Å². The molecule has 3 rings (SSSR count). The Bertz CT molecular complexity index is 871. The number of rotatable bonds is 3. The molecule has 3 aromatic rings. The number of carboxylic acid groups (broad SMARTS) is 1. The summed E-state index contributed by atoms with van der Waals surface area (Å²) in [6.45, 7) is 0. The molecule has 0 amide bonds. The lowest BCUT2D eigenvalue weighted by atomic mass is 10.2. The molecule has 0 aliphatic rings. The summed E-state index contributed by atoms with van der Waals surface area (Å²) >= 11 is 0. The molecule has 0 unspecified atom stereocenters. The first kappa shape index (κ1) is 13.7. The maximum atomic E-state index is 11.7. The van der Waals surface area contributed by atoms with E-state index >= 15 is 0 Å². The van der Waals surface area contributed by atoms with Gasteiger partial charge in [0.1, 0.15) is 5.82 Å². The summed E-state index contributed by atoms with van der Waals surface area (Å²) in [5.74, 6) is -1.22. The molecule has 7 heteroatoms.